The SMILES string of the molecule is C=CC1(C)Cc2cc(C(=O)NCC3C(=O)NC(C)CC3C)cc(-c3ccc(CN4CCOCC4)cc3)c2O1. The number of fused-ring (bicyclic) bond motifs is 1. The van der Waals surface area contributed by atoms with Crippen molar-refractivity contribution in [3.05, 3.63) is 65.7 Å². The molecule has 5 rings (SSSR count). The fraction of sp³-hybridized carbons (Fsp3) is 0.484. The summed E-state index contributed by atoms with van der Waals surface area (Å²) in [6.07, 6.45) is 3.38. The minimum Gasteiger partial charge on any atom is -0.482 e. The molecule has 2 fully saturated rings. The van der Waals surface area contributed by atoms with E-state index in [1.807, 2.05) is 32.1 Å². The number of rotatable bonds is 7. The van der Waals surface area contributed by atoms with Crippen LogP contribution in [0.1, 0.15) is 48.7 Å². The molecular weight excluding hydrogens is 478 g/mol. The van der Waals surface area contributed by atoms with Crippen molar-refractivity contribution < 1.29 is 19.1 Å². The normalized spacial score (nSPS) is 27.2. The van der Waals surface area contributed by atoms with E-state index < -0.39 is 5.60 Å². The molecule has 7 heteroatoms. The molecule has 0 saturated carbocycles. The second-order valence-corrected chi connectivity index (χ2v) is 11.3. The van der Waals surface area contributed by atoms with Crippen molar-refractivity contribution in [1.29, 1.82) is 0 Å². The first-order valence-electron chi connectivity index (χ1n) is 13.7. The van der Waals surface area contributed by atoms with Crippen molar-refractivity contribution in [3.8, 4) is 16.9 Å². The predicted molar refractivity (Wildman–Crippen MR) is 148 cm³/mol. The zero-order valence-electron chi connectivity index (χ0n) is 22.7. The molecule has 0 bridgehead atoms. The van der Waals surface area contributed by atoms with E-state index in [2.05, 4.69) is 53.3 Å². The Morgan fingerprint density at radius 3 is 2.63 bits per heavy atom. The van der Waals surface area contributed by atoms with Crippen LogP contribution in [0.2, 0.25) is 0 Å². The third-order valence-corrected chi connectivity index (χ3v) is 8.13. The molecule has 0 aromatic heterocycles. The molecule has 0 aliphatic carbocycles. The minimum absolute atomic E-state index is 0.0125. The number of nitrogens with zero attached hydrogens (tertiary/aromatic N) is 1. The Morgan fingerprint density at radius 1 is 1.21 bits per heavy atom. The lowest BCUT2D eigenvalue weighted by atomic mass is 9.84. The fourth-order valence-electron chi connectivity index (χ4n) is 5.84. The Hall–Kier alpha value is -3.16. The number of ether oxygens (including phenoxy) is 2. The van der Waals surface area contributed by atoms with Gasteiger partial charge in [0.1, 0.15) is 11.4 Å². The van der Waals surface area contributed by atoms with Crippen molar-refractivity contribution in [2.75, 3.05) is 32.8 Å². The largest absolute Gasteiger partial charge is 0.482 e. The summed E-state index contributed by atoms with van der Waals surface area (Å²) in [5.41, 5.74) is 4.19. The van der Waals surface area contributed by atoms with Gasteiger partial charge in [0.05, 0.1) is 19.1 Å². The summed E-state index contributed by atoms with van der Waals surface area (Å²) < 4.78 is 11.8. The highest BCUT2D eigenvalue weighted by molar-refractivity contribution is 5.97. The van der Waals surface area contributed by atoms with Gasteiger partial charge >= 0.3 is 0 Å². The number of piperidine rings is 1. The highest BCUT2D eigenvalue weighted by Gasteiger charge is 2.35. The maximum Gasteiger partial charge on any atom is 0.251 e. The molecule has 2 aromatic rings. The number of carbonyl (C=O) groups is 2. The molecule has 0 spiro atoms. The van der Waals surface area contributed by atoms with Gasteiger partial charge in [-0.25, -0.2) is 0 Å². The number of amides is 2. The van der Waals surface area contributed by atoms with E-state index in [0.717, 1.165) is 61.7 Å². The van der Waals surface area contributed by atoms with Crippen molar-refractivity contribution in [2.24, 2.45) is 11.8 Å². The van der Waals surface area contributed by atoms with Crippen molar-refractivity contribution >= 4 is 11.8 Å². The Morgan fingerprint density at radius 2 is 1.95 bits per heavy atom. The maximum atomic E-state index is 13.3. The molecule has 3 aliphatic heterocycles. The van der Waals surface area contributed by atoms with Gasteiger partial charge in [-0.15, -0.1) is 0 Å². The molecule has 7 nitrogen and oxygen atoms in total. The zero-order chi connectivity index (χ0) is 26.9. The molecule has 2 aromatic carbocycles. The number of morpholine rings is 1. The van der Waals surface area contributed by atoms with Gasteiger partial charge in [-0.3, -0.25) is 14.5 Å². The lowest BCUT2D eigenvalue weighted by molar-refractivity contribution is -0.129. The van der Waals surface area contributed by atoms with Gasteiger partial charge in [-0.1, -0.05) is 37.8 Å². The van der Waals surface area contributed by atoms with Crippen LogP contribution < -0.4 is 15.4 Å². The molecule has 2 saturated heterocycles. The van der Waals surface area contributed by atoms with Crippen LogP contribution in [-0.4, -0.2) is 61.2 Å². The Labute approximate surface area is 225 Å². The summed E-state index contributed by atoms with van der Waals surface area (Å²) in [6, 6.07) is 12.5. The number of nitrogens with one attached hydrogen (secondary N) is 2. The average Bonchev–Trinajstić information content (AvgIpc) is 3.25. The van der Waals surface area contributed by atoms with E-state index in [1.165, 1.54) is 5.56 Å². The molecule has 38 heavy (non-hydrogen) atoms. The molecule has 202 valence electrons. The quantitative estimate of drug-likeness (QED) is 0.544. The van der Waals surface area contributed by atoms with Crippen LogP contribution in [0.25, 0.3) is 11.1 Å². The number of hydrogen-bond acceptors (Lipinski definition) is 5. The molecule has 0 radical (unpaired) electrons. The van der Waals surface area contributed by atoms with Crippen LogP contribution in [0.4, 0.5) is 0 Å². The van der Waals surface area contributed by atoms with Gasteiger partial charge in [0, 0.05) is 49.8 Å². The fourth-order valence-corrected chi connectivity index (χ4v) is 5.84. The van der Waals surface area contributed by atoms with E-state index in [9.17, 15) is 9.59 Å². The Bertz CT molecular complexity index is 1200. The molecule has 4 unspecified atom stereocenters. The third-order valence-electron chi connectivity index (χ3n) is 8.13. The smallest absolute Gasteiger partial charge is 0.251 e. The number of carbonyl (C=O) groups excluding carboxylic acids is 2. The van der Waals surface area contributed by atoms with Crippen molar-refractivity contribution in [1.82, 2.24) is 15.5 Å². The lowest BCUT2D eigenvalue weighted by Gasteiger charge is -2.32. The second kappa shape index (κ2) is 10.9. The first-order chi connectivity index (χ1) is 18.2. The van der Waals surface area contributed by atoms with E-state index in [0.29, 0.717) is 18.5 Å². The molecule has 3 aliphatic rings. The van der Waals surface area contributed by atoms with Gasteiger partial charge in [0.2, 0.25) is 5.91 Å². The van der Waals surface area contributed by atoms with Crippen molar-refractivity contribution in [3.63, 3.8) is 0 Å². The van der Waals surface area contributed by atoms with E-state index >= 15 is 0 Å². The van der Waals surface area contributed by atoms with Gasteiger partial charge in [-0.05, 0) is 61.1 Å². The molecule has 3 heterocycles. The average molecular weight is 518 g/mol. The molecule has 2 N–H and O–H groups in total. The van der Waals surface area contributed by atoms with E-state index in [1.54, 1.807) is 0 Å². The molecular formula is C31H39N3O4. The van der Waals surface area contributed by atoms with Gasteiger partial charge in [0.25, 0.3) is 5.91 Å². The monoisotopic (exact) mass is 517 g/mol. The first-order valence-corrected chi connectivity index (χ1v) is 13.7. The summed E-state index contributed by atoms with van der Waals surface area (Å²) in [6.45, 7) is 14.7. The second-order valence-electron chi connectivity index (χ2n) is 11.3. The van der Waals surface area contributed by atoms with Crippen LogP contribution in [-0.2, 0) is 22.5 Å². The van der Waals surface area contributed by atoms with Crippen LogP contribution in [0.15, 0.2) is 49.1 Å². The first kappa shape index (κ1) is 26.4. The molecule has 2 amide bonds. The summed E-state index contributed by atoms with van der Waals surface area (Å²) in [7, 11) is 0. The van der Waals surface area contributed by atoms with E-state index in [-0.39, 0.29) is 29.7 Å². The highest BCUT2D eigenvalue weighted by Crippen LogP contribution is 2.44. The zero-order valence-corrected chi connectivity index (χ0v) is 22.7. The molecule has 4 atom stereocenters. The summed E-state index contributed by atoms with van der Waals surface area (Å²) in [5.74, 6) is 0.629. The maximum absolute atomic E-state index is 13.3. The van der Waals surface area contributed by atoms with Crippen LogP contribution >= 0.6 is 0 Å². The van der Waals surface area contributed by atoms with Gasteiger partial charge in [0.15, 0.2) is 0 Å². The summed E-state index contributed by atoms with van der Waals surface area (Å²) >= 11 is 0. The lowest BCUT2D eigenvalue weighted by Crippen LogP contribution is -2.50. The van der Waals surface area contributed by atoms with Crippen LogP contribution in [0.3, 0.4) is 0 Å². The standard InChI is InChI=1S/C31H39N3O4/c1-5-31(4)17-25-15-24(29(35)32-18-27-20(2)14-21(3)33-30(27)36)16-26(28(25)38-31)23-8-6-22(7-9-23)19-34-10-12-37-13-11-34/h5-9,15-16,20-21,27H,1,10-14,17-19H2,2-4H3,(H,32,35)(H,33,36). The van der Waals surface area contributed by atoms with Crippen LogP contribution in [0.5, 0.6) is 5.75 Å². The predicted octanol–water partition coefficient (Wildman–Crippen LogP) is 3.96. The summed E-state index contributed by atoms with van der Waals surface area (Å²) in [5, 5.41) is 6.04. The summed E-state index contributed by atoms with van der Waals surface area (Å²) in [4.78, 5) is 28.2. The van der Waals surface area contributed by atoms with Crippen LogP contribution in [0, 0.1) is 11.8 Å². The highest BCUT2D eigenvalue weighted by atomic mass is 16.5. The minimum atomic E-state index is -0.519. The van der Waals surface area contributed by atoms with Gasteiger partial charge in [-0.2, -0.15) is 0 Å². The third kappa shape index (κ3) is 5.64. The number of benzene rings is 2. The van der Waals surface area contributed by atoms with Gasteiger partial charge < -0.3 is 20.1 Å². The number of hydrogen-bond donors (Lipinski definition) is 2. The topological polar surface area (TPSA) is 79.9 Å². The van der Waals surface area contributed by atoms with Crippen molar-refractivity contribution in [2.45, 2.75) is 51.8 Å². The Balaban J connectivity index is 1.38. The van der Waals surface area contributed by atoms with E-state index in [4.69, 9.17) is 9.47 Å². The Kier molecular flexibility index (Phi) is 7.59.